The van der Waals surface area contributed by atoms with E-state index in [1.807, 2.05) is 0 Å². The lowest BCUT2D eigenvalue weighted by Crippen LogP contribution is -2.66. The minimum atomic E-state index is -1.49. The zero-order valence-corrected chi connectivity index (χ0v) is 21.2. The molecule has 4 aliphatic rings. The number of fused-ring (bicyclic) bond motifs is 1. The molecule has 2 aliphatic heterocycles. The van der Waals surface area contributed by atoms with Gasteiger partial charge in [0, 0.05) is 11.0 Å². The molecule has 2 saturated carbocycles. The van der Waals surface area contributed by atoms with Gasteiger partial charge < -0.3 is 39.7 Å². The van der Waals surface area contributed by atoms with Gasteiger partial charge in [0.15, 0.2) is 6.29 Å². The molecule has 0 aromatic carbocycles. The van der Waals surface area contributed by atoms with Crippen molar-refractivity contribution in [3.63, 3.8) is 0 Å². The monoisotopic (exact) mass is 498 g/mol. The molecule has 0 amide bonds. The molecule has 0 bridgehead atoms. The Bertz CT molecular complexity index is 826. The van der Waals surface area contributed by atoms with Crippen LogP contribution in [0.4, 0.5) is 0 Å². The number of aliphatic hydroxyl groups is 5. The molecule has 0 spiro atoms. The van der Waals surface area contributed by atoms with Crippen LogP contribution in [0.3, 0.4) is 0 Å². The molecule has 0 aromatic rings. The van der Waals surface area contributed by atoms with Gasteiger partial charge in [0.2, 0.25) is 0 Å². The van der Waals surface area contributed by atoms with E-state index >= 15 is 0 Å². The fourth-order valence-electron chi connectivity index (χ4n) is 7.49. The van der Waals surface area contributed by atoms with E-state index in [0.717, 1.165) is 12.8 Å². The van der Waals surface area contributed by atoms with Gasteiger partial charge in [0.1, 0.15) is 31.0 Å². The van der Waals surface area contributed by atoms with Crippen LogP contribution in [-0.4, -0.2) is 87.1 Å². The highest BCUT2D eigenvalue weighted by atomic mass is 16.7. The summed E-state index contributed by atoms with van der Waals surface area (Å²) in [5, 5.41) is 52.5. The van der Waals surface area contributed by atoms with Crippen molar-refractivity contribution in [3.8, 4) is 0 Å². The zero-order chi connectivity index (χ0) is 25.8. The zero-order valence-electron chi connectivity index (χ0n) is 21.2. The number of rotatable bonds is 6. The molecule has 200 valence electrons. The third kappa shape index (κ3) is 4.37. The predicted molar refractivity (Wildman–Crippen MR) is 125 cm³/mol. The SMILES string of the molecule is C[C@@H]1CC[C@H]2C(C)(C)[C@@H](O[C@@H]3O[C@H](CO)[C@@H](O)[C@H](O)[C@H]3O)CC[C@]2(C)[C@@]1(O)CCC1=CCOC1=O. The lowest BCUT2D eigenvalue weighted by atomic mass is 9.43. The molecule has 0 unspecified atom stereocenters. The van der Waals surface area contributed by atoms with E-state index in [0.29, 0.717) is 37.9 Å². The molecule has 3 fully saturated rings. The Balaban J connectivity index is 1.53. The lowest BCUT2D eigenvalue weighted by Gasteiger charge is -2.64. The third-order valence-corrected chi connectivity index (χ3v) is 9.84. The molecule has 0 aromatic heterocycles. The number of carbonyl (C=O) groups excluding carboxylic acids is 1. The average Bonchev–Trinajstić information content (AvgIpc) is 3.22. The topological polar surface area (TPSA) is 146 Å². The van der Waals surface area contributed by atoms with Crippen molar-refractivity contribution < 1.29 is 44.5 Å². The van der Waals surface area contributed by atoms with Crippen LogP contribution in [0.25, 0.3) is 0 Å². The number of hydrogen-bond acceptors (Lipinski definition) is 9. The predicted octanol–water partition coefficient (Wildman–Crippen LogP) is 1.04. The van der Waals surface area contributed by atoms with Gasteiger partial charge in [0.05, 0.1) is 18.3 Å². The van der Waals surface area contributed by atoms with E-state index in [9.17, 15) is 30.3 Å². The van der Waals surface area contributed by atoms with Gasteiger partial charge in [0.25, 0.3) is 0 Å². The molecule has 2 aliphatic carbocycles. The number of ether oxygens (including phenoxy) is 3. The van der Waals surface area contributed by atoms with Crippen molar-refractivity contribution in [2.24, 2.45) is 22.7 Å². The molecule has 9 heteroatoms. The van der Waals surface area contributed by atoms with Gasteiger partial charge in [-0.3, -0.25) is 0 Å². The molecule has 2 heterocycles. The summed E-state index contributed by atoms with van der Waals surface area (Å²) in [6.07, 6.45) is -1.08. The molecule has 0 radical (unpaired) electrons. The Hall–Kier alpha value is -1.07. The Morgan fingerprint density at radius 1 is 1.09 bits per heavy atom. The van der Waals surface area contributed by atoms with Crippen LogP contribution in [0.2, 0.25) is 0 Å². The first-order chi connectivity index (χ1) is 16.4. The van der Waals surface area contributed by atoms with Crippen LogP contribution < -0.4 is 0 Å². The molecule has 35 heavy (non-hydrogen) atoms. The summed E-state index contributed by atoms with van der Waals surface area (Å²) in [5.74, 6) is -0.124. The van der Waals surface area contributed by atoms with Gasteiger partial charge in [-0.05, 0) is 61.9 Å². The Morgan fingerprint density at radius 2 is 1.80 bits per heavy atom. The smallest absolute Gasteiger partial charge is 0.334 e. The van der Waals surface area contributed by atoms with E-state index in [1.165, 1.54) is 0 Å². The first-order valence-corrected chi connectivity index (χ1v) is 12.9. The van der Waals surface area contributed by atoms with E-state index < -0.39 is 53.7 Å². The van der Waals surface area contributed by atoms with E-state index in [1.54, 1.807) is 6.08 Å². The molecular formula is C26H42O9. The van der Waals surface area contributed by atoms with Crippen LogP contribution in [0.15, 0.2) is 11.6 Å². The second-order valence-electron chi connectivity index (χ2n) is 11.9. The number of hydrogen-bond donors (Lipinski definition) is 5. The number of aliphatic hydroxyl groups excluding tert-OH is 4. The van der Waals surface area contributed by atoms with Crippen molar-refractivity contribution in [3.05, 3.63) is 11.6 Å². The summed E-state index contributed by atoms with van der Waals surface area (Å²) in [6.45, 7) is 8.25. The van der Waals surface area contributed by atoms with Crippen molar-refractivity contribution in [1.82, 2.24) is 0 Å². The summed E-state index contributed by atoms with van der Waals surface area (Å²) in [7, 11) is 0. The maximum Gasteiger partial charge on any atom is 0.334 e. The molecule has 1 saturated heterocycles. The summed E-state index contributed by atoms with van der Waals surface area (Å²) in [5.41, 5.74) is -1.14. The van der Waals surface area contributed by atoms with Gasteiger partial charge in [-0.1, -0.05) is 27.7 Å². The summed E-state index contributed by atoms with van der Waals surface area (Å²) in [6, 6.07) is 0. The standard InChI is InChI=1S/C26H42O9/c1-14-5-6-17-24(2,3)18(35-23-21(30)20(29)19(28)16(13-27)34-23)8-10-25(17,4)26(14,32)11-7-15-9-12-33-22(15)31/h9,14,16-21,23,27-30,32H,5-8,10-13H2,1-4H3/t14-,16-,17+,18+,19-,20+,21-,23+,25+,26-/m1/s1. The van der Waals surface area contributed by atoms with Crippen molar-refractivity contribution in [2.75, 3.05) is 13.2 Å². The number of esters is 1. The molecular weight excluding hydrogens is 456 g/mol. The van der Waals surface area contributed by atoms with Crippen LogP contribution in [0.1, 0.15) is 66.2 Å². The molecule has 4 rings (SSSR count). The Morgan fingerprint density at radius 3 is 2.43 bits per heavy atom. The quantitative estimate of drug-likeness (QED) is 0.268. The van der Waals surface area contributed by atoms with Gasteiger partial charge in [-0.15, -0.1) is 0 Å². The van der Waals surface area contributed by atoms with Crippen molar-refractivity contribution in [2.45, 2.75) is 109 Å². The van der Waals surface area contributed by atoms with Gasteiger partial charge in [-0.25, -0.2) is 4.79 Å². The van der Waals surface area contributed by atoms with Crippen molar-refractivity contribution in [1.29, 1.82) is 0 Å². The highest BCUT2D eigenvalue weighted by Crippen LogP contribution is 2.64. The van der Waals surface area contributed by atoms with Crippen LogP contribution in [-0.2, 0) is 19.0 Å². The fraction of sp³-hybridized carbons (Fsp3) is 0.885. The highest BCUT2D eigenvalue weighted by Gasteiger charge is 2.64. The molecule has 10 atom stereocenters. The maximum absolute atomic E-state index is 12.2. The van der Waals surface area contributed by atoms with Crippen molar-refractivity contribution >= 4 is 5.97 Å². The van der Waals surface area contributed by atoms with E-state index in [-0.39, 0.29) is 23.9 Å². The highest BCUT2D eigenvalue weighted by molar-refractivity contribution is 5.90. The summed E-state index contributed by atoms with van der Waals surface area (Å²) in [4.78, 5) is 12.0. The summed E-state index contributed by atoms with van der Waals surface area (Å²) >= 11 is 0. The minimum Gasteiger partial charge on any atom is -0.458 e. The molecule has 9 nitrogen and oxygen atoms in total. The van der Waals surface area contributed by atoms with E-state index in [4.69, 9.17) is 14.2 Å². The first kappa shape index (κ1) is 27.0. The number of carbonyl (C=O) groups is 1. The normalized spacial score (nSPS) is 47.7. The third-order valence-electron chi connectivity index (χ3n) is 9.84. The minimum absolute atomic E-state index is 0.0699. The van der Waals surface area contributed by atoms with Crippen LogP contribution in [0.5, 0.6) is 0 Å². The lowest BCUT2D eigenvalue weighted by molar-refractivity contribution is -0.332. The van der Waals surface area contributed by atoms with Crippen LogP contribution >= 0.6 is 0 Å². The second kappa shape index (κ2) is 9.67. The van der Waals surface area contributed by atoms with Gasteiger partial charge >= 0.3 is 5.97 Å². The van der Waals surface area contributed by atoms with Gasteiger partial charge in [-0.2, -0.15) is 0 Å². The summed E-state index contributed by atoms with van der Waals surface area (Å²) < 4.78 is 16.9. The Labute approximate surface area is 207 Å². The maximum atomic E-state index is 12.2. The van der Waals surface area contributed by atoms with E-state index in [2.05, 4.69) is 27.7 Å². The number of cyclic esters (lactones) is 1. The molecule has 5 N–H and O–H groups in total. The van der Waals surface area contributed by atoms with Crippen LogP contribution in [0, 0.1) is 22.7 Å². The Kier molecular flexibility index (Phi) is 7.45. The average molecular weight is 499 g/mol. The second-order valence-corrected chi connectivity index (χ2v) is 11.9. The fourth-order valence-corrected chi connectivity index (χ4v) is 7.49. The largest absolute Gasteiger partial charge is 0.458 e. The first-order valence-electron chi connectivity index (χ1n) is 12.9.